The predicted molar refractivity (Wildman–Crippen MR) is 130 cm³/mol. The quantitative estimate of drug-likeness (QED) is 0.519. The zero-order valence-electron chi connectivity index (χ0n) is 19.4. The highest BCUT2D eigenvalue weighted by atomic mass is 32.2. The maximum atomic E-state index is 13.2. The van der Waals surface area contributed by atoms with E-state index in [2.05, 4.69) is 5.32 Å². The Morgan fingerprint density at radius 2 is 1.74 bits per heavy atom. The van der Waals surface area contributed by atoms with E-state index in [1.54, 1.807) is 34.9 Å². The lowest BCUT2D eigenvalue weighted by atomic mass is 10.1. The predicted octanol–water partition coefficient (Wildman–Crippen LogP) is 3.01. The average Bonchev–Trinajstić information content (AvgIpc) is 3.41. The first-order valence-electron chi connectivity index (χ1n) is 11.3. The minimum absolute atomic E-state index is 0.103. The highest BCUT2D eigenvalue weighted by molar-refractivity contribution is 7.89. The van der Waals surface area contributed by atoms with Crippen LogP contribution in [0, 0.1) is 0 Å². The van der Waals surface area contributed by atoms with Gasteiger partial charge in [0, 0.05) is 30.4 Å². The molecule has 1 N–H and O–H groups in total. The third-order valence-corrected chi connectivity index (χ3v) is 7.90. The van der Waals surface area contributed by atoms with Crippen molar-refractivity contribution < 1.29 is 18.0 Å². The molecule has 1 aliphatic rings. The zero-order valence-corrected chi connectivity index (χ0v) is 20.3. The molecule has 0 spiro atoms. The van der Waals surface area contributed by atoms with Gasteiger partial charge in [0.05, 0.1) is 15.9 Å². The number of aromatic nitrogens is 2. The summed E-state index contributed by atoms with van der Waals surface area (Å²) in [6, 6.07) is 11.0. The van der Waals surface area contributed by atoms with Gasteiger partial charge in [-0.05, 0) is 63.9 Å². The van der Waals surface area contributed by atoms with Crippen molar-refractivity contribution in [2.75, 3.05) is 18.4 Å². The van der Waals surface area contributed by atoms with Crippen LogP contribution in [0.3, 0.4) is 0 Å². The minimum Gasteiger partial charge on any atom is -0.325 e. The number of imidazole rings is 1. The zero-order chi connectivity index (χ0) is 24.6. The number of benzene rings is 2. The molecule has 180 valence electrons. The van der Waals surface area contributed by atoms with Crippen molar-refractivity contribution in [2.24, 2.45) is 0 Å². The molecule has 0 aliphatic carbocycles. The van der Waals surface area contributed by atoms with Crippen molar-refractivity contribution in [3.63, 3.8) is 0 Å². The number of nitrogens with one attached hydrogen (secondary N) is 1. The van der Waals surface area contributed by atoms with Crippen molar-refractivity contribution in [1.29, 1.82) is 0 Å². The lowest BCUT2D eigenvalue weighted by Gasteiger charge is -2.16. The van der Waals surface area contributed by atoms with E-state index in [-0.39, 0.29) is 23.3 Å². The van der Waals surface area contributed by atoms with Crippen LogP contribution < -0.4 is 11.0 Å². The van der Waals surface area contributed by atoms with E-state index in [0.717, 1.165) is 12.8 Å². The summed E-state index contributed by atoms with van der Waals surface area (Å²) in [5.41, 5.74) is 1.45. The number of anilines is 1. The number of sulfonamides is 1. The Balaban J connectivity index is 1.73. The summed E-state index contributed by atoms with van der Waals surface area (Å²) >= 11 is 0. The van der Waals surface area contributed by atoms with E-state index in [4.69, 9.17) is 0 Å². The summed E-state index contributed by atoms with van der Waals surface area (Å²) in [7, 11) is -3.68. The summed E-state index contributed by atoms with van der Waals surface area (Å²) in [4.78, 5) is 37.8. The minimum atomic E-state index is -3.68. The molecule has 0 bridgehead atoms. The number of carbonyl (C=O) groups is 2. The molecule has 2 aromatic carbocycles. The number of fused-ring (bicyclic) bond motifs is 1. The first kappa shape index (κ1) is 23.9. The van der Waals surface area contributed by atoms with E-state index < -0.39 is 21.6 Å². The number of hydrogen-bond donors (Lipinski definition) is 1. The van der Waals surface area contributed by atoms with Crippen molar-refractivity contribution in [1.82, 2.24) is 13.4 Å². The van der Waals surface area contributed by atoms with Gasteiger partial charge in [0.15, 0.2) is 5.78 Å². The molecule has 0 unspecified atom stereocenters. The Morgan fingerprint density at radius 3 is 2.38 bits per heavy atom. The van der Waals surface area contributed by atoms with E-state index in [1.807, 2.05) is 13.8 Å². The van der Waals surface area contributed by atoms with Crippen LogP contribution in [0.25, 0.3) is 11.0 Å². The maximum absolute atomic E-state index is 13.2. The van der Waals surface area contributed by atoms with E-state index in [9.17, 15) is 22.8 Å². The smallest absolute Gasteiger partial charge is 0.325 e. The Kier molecular flexibility index (Phi) is 6.46. The molecule has 3 aromatic rings. The monoisotopic (exact) mass is 484 g/mol. The number of Topliss-reactive ketones (excluding diaryl/α,β-unsaturated/α-hetero) is 1. The summed E-state index contributed by atoms with van der Waals surface area (Å²) in [6.45, 7) is 5.80. The van der Waals surface area contributed by atoms with Crippen LogP contribution in [0.2, 0.25) is 0 Å². The fourth-order valence-electron chi connectivity index (χ4n) is 4.31. The number of ketones is 1. The second-order valence-corrected chi connectivity index (χ2v) is 10.7. The molecular formula is C24H28N4O5S. The lowest BCUT2D eigenvalue weighted by molar-refractivity contribution is -0.116. The Bertz CT molecular complexity index is 1430. The summed E-state index contributed by atoms with van der Waals surface area (Å²) in [6.07, 6.45) is 1.64. The van der Waals surface area contributed by atoms with Gasteiger partial charge in [-0.2, -0.15) is 4.31 Å². The van der Waals surface area contributed by atoms with Crippen molar-refractivity contribution in [3.8, 4) is 0 Å². The van der Waals surface area contributed by atoms with Crippen molar-refractivity contribution >= 4 is 38.4 Å². The molecule has 1 saturated heterocycles. The summed E-state index contributed by atoms with van der Waals surface area (Å²) in [5, 5.41) is 2.72. The van der Waals surface area contributed by atoms with Crippen LogP contribution >= 0.6 is 0 Å². The molecule has 0 atom stereocenters. The normalized spacial score (nSPS) is 14.7. The van der Waals surface area contributed by atoms with E-state index >= 15 is 0 Å². The Morgan fingerprint density at radius 1 is 1.03 bits per heavy atom. The Labute approximate surface area is 198 Å². The van der Waals surface area contributed by atoms with Crippen LogP contribution in [-0.2, 0) is 21.4 Å². The average molecular weight is 485 g/mol. The highest BCUT2D eigenvalue weighted by Crippen LogP contribution is 2.25. The molecule has 34 heavy (non-hydrogen) atoms. The fourth-order valence-corrected chi connectivity index (χ4v) is 5.85. The van der Waals surface area contributed by atoms with Gasteiger partial charge >= 0.3 is 5.69 Å². The van der Waals surface area contributed by atoms with Crippen LogP contribution in [0.4, 0.5) is 5.69 Å². The third-order valence-electron chi connectivity index (χ3n) is 6.01. The number of amides is 1. The summed E-state index contributed by atoms with van der Waals surface area (Å²) in [5.74, 6) is -0.586. The molecule has 0 saturated carbocycles. The second-order valence-electron chi connectivity index (χ2n) is 8.78. The molecule has 1 aliphatic heterocycles. The molecule has 1 aromatic heterocycles. The summed E-state index contributed by atoms with van der Waals surface area (Å²) < 4.78 is 30.5. The second kappa shape index (κ2) is 9.19. The van der Waals surface area contributed by atoms with Crippen molar-refractivity contribution in [3.05, 3.63) is 58.5 Å². The van der Waals surface area contributed by atoms with Gasteiger partial charge in [-0.3, -0.25) is 18.7 Å². The van der Waals surface area contributed by atoms with E-state index in [1.165, 1.54) is 27.9 Å². The van der Waals surface area contributed by atoms with E-state index in [0.29, 0.717) is 35.4 Å². The van der Waals surface area contributed by atoms with Gasteiger partial charge in [-0.1, -0.05) is 12.1 Å². The molecular weight excluding hydrogens is 456 g/mol. The van der Waals surface area contributed by atoms with Crippen LogP contribution in [0.5, 0.6) is 0 Å². The molecule has 4 rings (SSSR count). The molecule has 10 heteroatoms. The molecule has 9 nitrogen and oxygen atoms in total. The largest absolute Gasteiger partial charge is 0.329 e. The lowest BCUT2D eigenvalue weighted by Crippen LogP contribution is -2.30. The SMILES string of the molecule is CC(=O)c1cccc(NC(=O)Cn2c(=O)n(C(C)C)c3ccc(S(=O)(=O)N4CCCC4)cc32)c1. The fraction of sp³-hybridized carbons (Fsp3) is 0.375. The van der Waals surface area contributed by atoms with Gasteiger partial charge in [0.25, 0.3) is 0 Å². The van der Waals surface area contributed by atoms with Gasteiger partial charge in [-0.15, -0.1) is 0 Å². The highest BCUT2D eigenvalue weighted by Gasteiger charge is 2.28. The van der Waals surface area contributed by atoms with Crippen LogP contribution in [-0.4, -0.2) is 46.6 Å². The first-order chi connectivity index (χ1) is 16.1. The topological polar surface area (TPSA) is 110 Å². The third kappa shape index (κ3) is 4.43. The molecule has 2 heterocycles. The molecule has 1 fully saturated rings. The maximum Gasteiger partial charge on any atom is 0.329 e. The van der Waals surface area contributed by atoms with Crippen LogP contribution in [0.1, 0.15) is 50.0 Å². The van der Waals surface area contributed by atoms with Gasteiger partial charge in [-0.25, -0.2) is 13.2 Å². The molecule has 0 radical (unpaired) electrons. The van der Waals surface area contributed by atoms with Crippen LogP contribution in [0.15, 0.2) is 52.2 Å². The first-order valence-corrected chi connectivity index (χ1v) is 12.7. The number of hydrogen-bond acceptors (Lipinski definition) is 5. The van der Waals surface area contributed by atoms with Crippen molar-refractivity contribution in [2.45, 2.75) is 51.1 Å². The van der Waals surface area contributed by atoms with Gasteiger partial charge in [0.2, 0.25) is 15.9 Å². The van der Waals surface area contributed by atoms with Gasteiger partial charge < -0.3 is 5.32 Å². The standard InChI is InChI=1S/C24H28N4O5S/c1-16(2)28-21-10-9-20(34(32,33)26-11-4-5-12-26)14-22(21)27(24(28)31)15-23(30)25-19-8-6-7-18(13-19)17(3)29/h6-10,13-14,16H,4-5,11-12,15H2,1-3H3,(H,25,30). The number of carbonyl (C=O) groups excluding carboxylic acids is 2. The Hall–Kier alpha value is -3.24. The van der Waals surface area contributed by atoms with Gasteiger partial charge in [0.1, 0.15) is 6.54 Å². The number of nitrogens with zero attached hydrogens (tertiary/aromatic N) is 3. The molecule has 1 amide bonds. The number of rotatable bonds is 7.